The second-order valence-electron chi connectivity index (χ2n) is 10.4. The molecule has 1 aromatic carbocycles. The van der Waals surface area contributed by atoms with Crippen molar-refractivity contribution in [3.63, 3.8) is 0 Å². The number of carbonyl (C=O) groups excluding carboxylic acids is 3. The summed E-state index contributed by atoms with van der Waals surface area (Å²) >= 11 is 0. The number of halogens is 1. The van der Waals surface area contributed by atoms with E-state index in [0.29, 0.717) is 25.9 Å². The molecule has 9 heteroatoms. The van der Waals surface area contributed by atoms with Crippen molar-refractivity contribution in [3.8, 4) is 0 Å². The molecule has 0 aromatic heterocycles. The average molecular weight is 488 g/mol. The van der Waals surface area contributed by atoms with Crippen LogP contribution < -0.4 is 10.2 Å². The predicted molar refractivity (Wildman–Crippen MR) is 132 cm³/mol. The highest BCUT2D eigenvalue weighted by molar-refractivity contribution is 5.88. The number of amides is 3. The van der Waals surface area contributed by atoms with Crippen LogP contribution in [0.3, 0.4) is 0 Å². The fourth-order valence-electron chi connectivity index (χ4n) is 5.64. The minimum Gasteiger partial charge on any atom is -0.369 e. The van der Waals surface area contributed by atoms with Crippen LogP contribution in [0, 0.1) is 11.2 Å². The molecule has 192 valence electrons. The van der Waals surface area contributed by atoms with Crippen molar-refractivity contribution in [3.05, 3.63) is 30.1 Å². The Morgan fingerprint density at radius 1 is 1.11 bits per heavy atom. The lowest BCUT2D eigenvalue weighted by atomic mass is 9.75. The number of nitrogens with one attached hydrogen (secondary N) is 1. The molecule has 3 amide bonds. The van der Waals surface area contributed by atoms with Crippen molar-refractivity contribution in [1.29, 1.82) is 0 Å². The van der Waals surface area contributed by atoms with E-state index in [1.807, 2.05) is 12.1 Å². The number of likely N-dealkylation sites (tertiary alicyclic amines) is 1. The number of nitrogens with zero attached hydrogens (tertiary/aromatic N) is 4. The minimum absolute atomic E-state index is 0.0488. The Morgan fingerprint density at radius 2 is 1.74 bits per heavy atom. The molecule has 3 saturated heterocycles. The summed E-state index contributed by atoms with van der Waals surface area (Å²) in [7, 11) is 1.65. The maximum Gasteiger partial charge on any atom is 0.245 e. The SMILES string of the molecule is CC(=O)N(C)[C@H](C)C(=O)N1CCC2(CC1)C[C@H](CCN1CCN(c3ccc(F)cc3)CC1)NC2=O. The summed E-state index contributed by atoms with van der Waals surface area (Å²) in [6, 6.07) is 6.36. The first kappa shape index (κ1) is 25.4. The van der Waals surface area contributed by atoms with Crippen molar-refractivity contribution in [1.82, 2.24) is 20.0 Å². The first-order valence-corrected chi connectivity index (χ1v) is 12.7. The van der Waals surface area contributed by atoms with Gasteiger partial charge < -0.3 is 20.0 Å². The molecular weight excluding hydrogens is 449 g/mol. The van der Waals surface area contributed by atoms with Crippen molar-refractivity contribution in [2.24, 2.45) is 5.41 Å². The van der Waals surface area contributed by atoms with E-state index in [0.717, 1.165) is 51.3 Å². The summed E-state index contributed by atoms with van der Waals surface area (Å²) in [5.41, 5.74) is 0.682. The number of likely N-dealkylation sites (N-methyl/N-ethyl adjacent to an activating group) is 1. The summed E-state index contributed by atoms with van der Waals surface area (Å²) < 4.78 is 13.2. The van der Waals surface area contributed by atoms with Gasteiger partial charge >= 0.3 is 0 Å². The van der Waals surface area contributed by atoms with Gasteiger partial charge in [0.15, 0.2) is 0 Å². The highest BCUT2D eigenvalue weighted by Crippen LogP contribution is 2.41. The Morgan fingerprint density at radius 3 is 2.34 bits per heavy atom. The molecular formula is C26H38FN5O3. The first-order chi connectivity index (χ1) is 16.7. The smallest absolute Gasteiger partial charge is 0.245 e. The van der Waals surface area contributed by atoms with Gasteiger partial charge in [0.1, 0.15) is 11.9 Å². The minimum atomic E-state index is -0.491. The molecule has 3 aliphatic rings. The van der Waals surface area contributed by atoms with Crippen LogP contribution in [0.15, 0.2) is 24.3 Å². The summed E-state index contributed by atoms with van der Waals surface area (Å²) in [4.78, 5) is 45.3. The van der Waals surface area contributed by atoms with Gasteiger partial charge in [-0.2, -0.15) is 0 Å². The van der Waals surface area contributed by atoms with Crippen molar-refractivity contribution in [2.45, 2.75) is 51.6 Å². The van der Waals surface area contributed by atoms with Crippen LogP contribution in [0.4, 0.5) is 10.1 Å². The standard InChI is InChI=1S/C26H38FN5O3/c1-19(29(3)20(2)33)24(34)32-12-9-26(10-13-32)18-22(28-25(26)35)8-11-30-14-16-31(17-15-30)23-6-4-21(27)5-7-23/h4-7,19,22H,8-18H2,1-3H3,(H,28,35)/t19-,22+/m1/s1. The maximum absolute atomic E-state index is 13.2. The Bertz CT molecular complexity index is 923. The Balaban J connectivity index is 1.21. The van der Waals surface area contributed by atoms with Gasteiger partial charge in [0, 0.05) is 71.5 Å². The van der Waals surface area contributed by atoms with E-state index in [9.17, 15) is 18.8 Å². The monoisotopic (exact) mass is 487 g/mol. The van der Waals surface area contributed by atoms with Crippen LogP contribution in [-0.2, 0) is 14.4 Å². The third-order valence-electron chi connectivity index (χ3n) is 8.28. The van der Waals surface area contributed by atoms with E-state index in [-0.39, 0.29) is 35.0 Å². The van der Waals surface area contributed by atoms with Gasteiger partial charge in [0.2, 0.25) is 17.7 Å². The molecule has 0 aliphatic carbocycles. The third kappa shape index (κ3) is 5.60. The summed E-state index contributed by atoms with van der Waals surface area (Å²) in [6.45, 7) is 9.00. The van der Waals surface area contributed by atoms with E-state index in [1.165, 1.54) is 24.0 Å². The zero-order chi connectivity index (χ0) is 25.2. The van der Waals surface area contributed by atoms with Gasteiger partial charge in [-0.15, -0.1) is 0 Å². The number of hydrogen-bond acceptors (Lipinski definition) is 5. The first-order valence-electron chi connectivity index (χ1n) is 12.7. The van der Waals surface area contributed by atoms with E-state index in [2.05, 4.69) is 15.1 Å². The number of anilines is 1. The second-order valence-corrected chi connectivity index (χ2v) is 10.4. The van der Waals surface area contributed by atoms with Crippen LogP contribution in [0.2, 0.25) is 0 Å². The van der Waals surface area contributed by atoms with Crippen molar-refractivity contribution >= 4 is 23.4 Å². The lowest BCUT2D eigenvalue weighted by molar-refractivity contribution is -0.145. The van der Waals surface area contributed by atoms with Gasteiger partial charge in [-0.1, -0.05) is 0 Å². The zero-order valence-corrected chi connectivity index (χ0v) is 21.1. The average Bonchev–Trinajstić information content (AvgIpc) is 3.17. The summed E-state index contributed by atoms with van der Waals surface area (Å²) in [6.07, 6.45) is 3.10. The molecule has 3 fully saturated rings. The zero-order valence-electron chi connectivity index (χ0n) is 21.1. The fourth-order valence-corrected chi connectivity index (χ4v) is 5.64. The van der Waals surface area contributed by atoms with Gasteiger partial charge in [-0.05, 0) is 56.9 Å². The maximum atomic E-state index is 13.2. The number of piperidine rings is 1. The molecule has 1 N–H and O–H groups in total. The topological polar surface area (TPSA) is 76.2 Å². The molecule has 0 bridgehead atoms. The highest BCUT2D eigenvalue weighted by Gasteiger charge is 2.49. The number of rotatable bonds is 6. The normalized spacial score (nSPS) is 23.3. The molecule has 0 radical (unpaired) electrons. The fraction of sp³-hybridized carbons (Fsp3) is 0.654. The van der Waals surface area contributed by atoms with Gasteiger partial charge in [-0.3, -0.25) is 19.3 Å². The van der Waals surface area contributed by atoms with E-state index >= 15 is 0 Å². The summed E-state index contributed by atoms with van der Waals surface area (Å²) in [5.74, 6) is -0.262. The lowest BCUT2D eigenvalue weighted by Crippen LogP contribution is -2.52. The summed E-state index contributed by atoms with van der Waals surface area (Å²) in [5, 5.41) is 3.23. The Hall–Kier alpha value is -2.68. The van der Waals surface area contributed by atoms with E-state index < -0.39 is 6.04 Å². The van der Waals surface area contributed by atoms with E-state index in [4.69, 9.17) is 0 Å². The predicted octanol–water partition coefficient (Wildman–Crippen LogP) is 1.70. The van der Waals surface area contributed by atoms with Crippen LogP contribution >= 0.6 is 0 Å². The van der Waals surface area contributed by atoms with Crippen LogP contribution in [0.1, 0.15) is 39.5 Å². The molecule has 8 nitrogen and oxygen atoms in total. The van der Waals surface area contributed by atoms with Gasteiger partial charge in [0.25, 0.3) is 0 Å². The molecule has 3 aliphatic heterocycles. The number of hydrogen-bond donors (Lipinski definition) is 1. The lowest BCUT2D eigenvalue weighted by Gasteiger charge is -2.39. The Labute approximate surface area is 207 Å². The van der Waals surface area contributed by atoms with Crippen molar-refractivity contribution in [2.75, 3.05) is 57.8 Å². The molecule has 4 rings (SSSR count). The van der Waals surface area contributed by atoms with Crippen LogP contribution in [0.25, 0.3) is 0 Å². The molecule has 2 atom stereocenters. The van der Waals surface area contributed by atoms with Crippen LogP contribution in [0.5, 0.6) is 0 Å². The molecule has 0 saturated carbocycles. The Kier molecular flexibility index (Phi) is 7.64. The third-order valence-corrected chi connectivity index (χ3v) is 8.28. The molecule has 0 unspecified atom stereocenters. The molecule has 3 heterocycles. The van der Waals surface area contributed by atoms with Gasteiger partial charge in [0.05, 0.1) is 5.41 Å². The molecule has 1 spiro atoms. The van der Waals surface area contributed by atoms with Crippen LogP contribution in [-0.4, -0.2) is 97.4 Å². The van der Waals surface area contributed by atoms with E-state index in [1.54, 1.807) is 18.9 Å². The second kappa shape index (κ2) is 10.5. The molecule has 35 heavy (non-hydrogen) atoms. The quantitative estimate of drug-likeness (QED) is 0.661. The molecule has 1 aromatic rings. The number of benzene rings is 1. The largest absolute Gasteiger partial charge is 0.369 e. The number of piperazine rings is 1. The highest BCUT2D eigenvalue weighted by atomic mass is 19.1. The van der Waals surface area contributed by atoms with Gasteiger partial charge in [-0.25, -0.2) is 4.39 Å². The number of carbonyl (C=O) groups is 3. The van der Waals surface area contributed by atoms with Crippen molar-refractivity contribution < 1.29 is 18.8 Å².